The molecule has 1 aromatic heterocycles. The smallest absolute Gasteiger partial charge is 0.330 e. The molecule has 2 rings (SSSR count). The van der Waals surface area contributed by atoms with Gasteiger partial charge in [-0.2, -0.15) is 0 Å². The monoisotopic (exact) mass is 304 g/mol. The van der Waals surface area contributed by atoms with Crippen LogP contribution in [0.15, 0.2) is 21.9 Å². The summed E-state index contributed by atoms with van der Waals surface area (Å²) in [5, 5.41) is 18.8. The number of halogens is 1. The first-order valence-electron chi connectivity index (χ1n) is 6.37. The quantitative estimate of drug-likeness (QED) is 0.654. The number of ether oxygens (including phenoxy) is 1. The Kier molecular flexibility index (Phi) is 4.33. The number of H-pyrrole nitrogens is 1. The third-order valence-corrected chi connectivity index (χ3v) is 3.99. The molecule has 0 bridgehead atoms. The van der Waals surface area contributed by atoms with Crippen LogP contribution < -0.4 is 11.2 Å². The van der Waals surface area contributed by atoms with E-state index in [-0.39, 0.29) is 0 Å². The molecule has 0 radical (unpaired) electrons. The van der Waals surface area contributed by atoms with E-state index in [1.165, 1.54) is 12.3 Å². The molecule has 0 unspecified atom stereocenters. The van der Waals surface area contributed by atoms with E-state index in [4.69, 9.17) is 16.3 Å². The lowest BCUT2D eigenvalue weighted by Gasteiger charge is -2.29. The van der Waals surface area contributed by atoms with Crippen molar-refractivity contribution in [1.29, 1.82) is 0 Å². The molecule has 112 valence electrons. The summed E-state index contributed by atoms with van der Waals surface area (Å²) in [6, 6.07) is 1.17. The third kappa shape index (κ3) is 2.42. The van der Waals surface area contributed by atoms with Crippen molar-refractivity contribution in [1.82, 2.24) is 9.55 Å². The maximum Gasteiger partial charge on any atom is 0.330 e. The molecular weight excluding hydrogens is 288 g/mol. The normalized spacial score (nSPS) is 33.5. The van der Waals surface area contributed by atoms with E-state index in [0.29, 0.717) is 12.8 Å². The minimum Gasteiger partial charge on any atom is -0.393 e. The lowest BCUT2D eigenvalue weighted by atomic mass is 9.92. The fraction of sp³-hybridized carbons (Fsp3) is 0.667. The highest BCUT2D eigenvalue weighted by Crippen LogP contribution is 2.41. The molecule has 0 spiro atoms. The molecule has 1 aromatic rings. The number of hydrogen-bond donors (Lipinski definition) is 3. The summed E-state index contributed by atoms with van der Waals surface area (Å²) < 4.78 is 6.79. The van der Waals surface area contributed by atoms with Crippen LogP contribution >= 0.6 is 11.6 Å². The van der Waals surface area contributed by atoms with Crippen molar-refractivity contribution in [3.63, 3.8) is 0 Å². The fourth-order valence-corrected chi connectivity index (χ4v) is 2.90. The predicted molar refractivity (Wildman–Crippen MR) is 71.8 cm³/mol. The van der Waals surface area contributed by atoms with Crippen molar-refractivity contribution in [2.75, 3.05) is 6.61 Å². The van der Waals surface area contributed by atoms with E-state index >= 15 is 0 Å². The van der Waals surface area contributed by atoms with Gasteiger partial charge >= 0.3 is 5.69 Å². The van der Waals surface area contributed by atoms with Crippen LogP contribution in [0.25, 0.3) is 0 Å². The maximum absolute atomic E-state index is 11.8. The van der Waals surface area contributed by atoms with E-state index in [1.54, 1.807) is 0 Å². The van der Waals surface area contributed by atoms with Gasteiger partial charge in [-0.05, 0) is 6.42 Å². The molecule has 1 fully saturated rings. The minimum absolute atomic E-state index is 0.403. The van der Waals surface area contributed by atoms with Gasteiger partial charge in [-0.3, -0.25) is 14.3 Å². The van der Waals surface area contributed by atoms with Crippen molar-refractivity contribution in [3.8, 4) is 0 Å². The number of aliphatic hydroxyl groups is 2. The number of hydrogen-bond acceptors (Lipinski definition) is 5. The highest BCUT2D eigenvalue weighted by molar-refractivity contribution is 6.21. The summed E-state index contributed by atoms with van der Waals surface area (Å²) in [5.74, 6) is 0. The van der Waals surface area contributed by atoms with Gasteiger partial charge in [-0.1, -0.05) is 13.3 Å². The van der Waals surface area contributed by atoms with Crippen LogP contribution in [0.5, 0.6) is 0 Å². The highest BCUT2D eigenvalue weighted by atomic mass is 35.5. The van der Waals surface area contributed by atoms with Gasteiger partial charge in [0.25, 0.3) is 5.56 Å². The number of aliphatic hydroxyl groups excluding tert-OH is 2. The molecule has 0 aliphatic carbocycles. The molecule has 1 aliphatic heterocycles. The van der Waals surface area contributed by atoms with E-state index in [2.05, 4.69) is 4.98 Å². The van der Waals surface area contributed by atoms with Gasteiger partial charge in [0.2, 0.25) is 0 Å². The van der Waals surface area contributed by atoms with Crippen LogP contribution in [-0.2, 0) is 4.74 Å². The van der Waals surface area contributed by atoms with Crippen LogP contribution in [0.4, 0.5) is 0 Å². The molecule has 1 saturated heterocycles. The summed E-state index contributed by atoms with van der Waals surface area (Å²) >= 11 is 6.14. The van der Waals surface area contributed by atoms with Crippen molar-refractivity contribution >= 4 is 11.6 Å². The number of aromatic amines is 1. The third-order valence-electron chi connectivity index (χ3n) is 3.53. The van der Waals surface area contributed by atoms with E-state index in [1.807, 2.05) is 6.92 Å². The second-order valence-electron chi connectivity index (χ2n) is 4.89. The first-order chi connectivity index (χ1) is 9.45. The molecule has 8 heteroatoms. The van der Waals surface area contributed by atoms with Crippen LogP contribution in [0.1, 0.15) is 26.0 Å². The summed E-state index contributed by atoms with van der Waals surface area (Å²) in [7, 11) is 0. The Labute approximate surface area is 119 Å². The van der Waals surface area contributed by atoms with Crippen LogP contribution in [0.2, 0.25) is 0 Å². The van der Waals surface area contributed by atoms with E-state index in [9.17, 15) is 19.8 Å². The molecule has 0 amide bonds. The Morgan fingerprint density at radius 3 is 2.80 bits per heavy atom. The van der Waals surface area contributed by atoms with Gasteiger partial charge in [-0.25, -0.2) is 4.79 Å². The van der Waals surface area contributed by atoms with E-state index < -0.39 is 41.2 Å². The van der Waals surface area contributed by atoms with Gasteiger partial charge in [0.15, 0.2) is 6.23 Å². The molecule has 20 heavy (non-hydrogen) atoms. The van der Waals surface area contributed by atoms with Gasteiger partial charge in [0.05, 0.1) is 6.61 Å². The first-order valence-corrected chi connectivity index (χ1v) is 6.81. The average molecular weight is 305 g/mol. The Balaban J connectivity index is 2.39. The van der Waals surface area contributed by atoms with Gasteiger partial charge < -0.3 is 14.9 Å². The van der Waals surface area contributed by atoms with Crippen molar-refractivity contribution in [2.24, 2.45) is 0 Å². The summed E-state index contributed by atoms with van der Waals surface area (Å²) in [6.07, 6.45) is 0.275. The van der Waals surface area contributed by atoms with Crippen LogP contribution in [0.3, 0.4) is 0 Å². The summed E-state index contributed by atoms with van der Waals surface area (Å²) in [6.45, 7) is 1.48. The van der Waals surface area contributed by atoms with Crippen molar-refractivity contribution in [2.45, 2.75) is 43.1 Å². The number of alkyl halides is 1. The molecule has 3 N–H and O–H groups in total. The fourth-order valence-electron chi connectivity index (χ4n) is 2.50. The highest BCUT2D eigenvalue weighted by Gasteiger charge is 2.54. The summed E-state index contributed by atoms with van der Waals surface area (Å²) in [5.41, 5.74) is -2.40. The Hall–Kier alpha value is -1.15. The van der Waals surface area contributed by atoms with Gasteiger partial charge in [0, 0.05) is 12.3 Å². The van der Waals surface area contributed by atoms with Crippen molar-refractivity contribution in [3.05, 3.63) is 33.1 Å². The lowest BCUT2D eigenvalue weighted by molar-refractivity contribution is -0.132. The molecule has 7 nitrogen and oxygen atoms in total. The average Bonchev–Trinajstić information content (AvgIpc) is 2.65. The number of aromatic nitrogens is 2. The van der Waals surface area contributed by atoms with Crippen LogP contribution in [-0.4, -0.2) is 43.5 Å². The van der Waals surface area contributed by atoms with Gasteiger partial charge in [-0.15, -0.1) is 11.6 Å². The van der Waals surface area contributed by atoms with Gasteiger partial charge in [0.1, 0.15) is 17.1 Å². The molecule has 0 aromatic carbocycles. The largest absolute Gasteiger partial charge is 0.393 e. The SMILES string of the molecule is CCC[C@]1(CO)O[C@@H](n2ccc(=O)[nH]c2=O)[C@@H](Cl)[C@@H]1O. The molecule has 0 saturated carbocycles. The predicted octanol–water partition coefficient (Wildman–Crippen LogP) is -0.435. The standard InChI is InChI=1S/C12H17ClN2O5/c1-2-4-12(6-16)9(18)8(13)10(20-12)15-5-3-7(17)14-11(15)19/h3,5,8-10,16,18H,2,4,6H2,1H3,(H,14,17,19)/t8-,9-,10+,12+/m0/s1. The molecule has 2 heterocycles. The zero-order valence-corrected chi connectivity index (χ0v) is 11.7. The van der Waals surface area contributed by atoms with Crippen LogP contribution in [0, 0.1) is 0 Å². The van der Waals surface area contributed by atoms with E-state index in [0.717, 1.165) is 4.57 Å². The zero-order chi connectivity index (χ0) is 14.9. The number of nitrogens with zero attached hydrogens (tertiary/aromatic N) is 1. The minimum atomic E-state index is -1.19. The maximum atomic E-state index is 11.8. The number of nitrogens with one attached hydrogen (secondary N) is 1. The Bertz CT molecular complexity index is 586. The molecular formula is C12H17ClN2O5. The second kappa shape index (κ2) is 5.69. The number of rotatable bonds is 4. The molecule has 4 atom stereocenters. The Morgan fingerprint density at radius 1 is 1.55 bits per heavy atom. The zero-order valence-electron chi connectivity index (χ0n) is 11.0. The van der Waals surface area contributed by atoms with Crippen molar-refractivity contribution < 1.29 is 14.9 Å². The molecule has 1 aliphatic rings. The second-order valence-corrected chi connectivity index (χ2v) is 5.39. The lowest BCUT2D eigenvalue weighted by Crippen LogP contribution is -2.45. The summed E-state index contributed by atoms with van der Waals surface area (Å²) in [4.78, 5) is 24.9. The Morgan fingerprint density at radius 2 is 2.25 bits per heavy atom. The topological polar surface area (TPSA) is 105 Å². The first kappa shape index (κ1) is 15.2.